The van der Waals surface area contributed by atoms with Crippen LogP contribution in [0.2, 0.25) is 0 Å². The van der Waals surface area contributed by atoms with Crippen LogP contribution in [0.1, 0.15) is 51.4 Å². The SMILES string of the molecule is O=C1CC(CCC(S)CCC(S)CCC2CC(=O)O2)O1. The second-order valence-corrected chi connectivity index (χ2v) is 7.13. The van der Waals surface area contributed by atoms with Crippen molar-refractivity contribution in [2.45, 2.75) is 74.1 Å². The van der Waals surface area contributed by atoms with Gasteiger partial charge in [-0.05, 0) is 38.5 Å². The van der Waals surface area contributed by atoms with Gasteiger partial charge in [0.05, 0.1) is 12.8 Å². The van der Waals surface area contributed by atoms with Crippen LogP contribution in [0.4, 0.5) is 0 Å². The van der Waals surface area contributed by atoms with Gasteiger partial charge in [0.1, 0.15) is 12.2 Å². The molecule has 0 bridgehead atoms. The molecule has 0 amide bonds. The summed E-state index contributed by atoms with van der Waals surface area (Å²) in [7, 11) is 0. The largest absolute Gasteiger partial charge is 0.462 e. The minimum atomic E-state index is -0.0853. The highest BCUT2D eigenvalue weighted by Gasteiger charge is 2.29. The predicted molar refractivity (Wildman–Crippen MR) is 82.2 cm³/mol. The van der Waals surface area contributed by atoms with Crippen LogP contribution in [0.15, 0.2) is 0 Å². The van der Waals surface area contributed by atoms with Crippen molar-refractivity contribution in [3.63, 3.8) is 0 Å². The van der Waals surface area contributed by atoms with E-state index in [0.717, 1.165) is 38.5 Å². The second-order valence-electron chi connectivity index (χ2n) is 5.67. The number of carbonyl (C=O) groups is 2. The van der Waals surface area contributed by atoms with Gasteiger partial charge < -0.3 is 9.47 Å². The average molecular weight is 318 g/mol. The van der Waals surface area contributed by atoms with E-state index in [0.29, 0.717) is 23.3 Å². The van der Waals surface area contributed by atoms with Crippen LogP contribution in [-0.4, -0.2) is 34.6 Å². The van der Waals surface area contributed by atoms with E-state index in [1.165, 1.54) is 0 Å². The lowest BCUT2D eigenvalue weighted by atomic mass is 10.0. The van der Waals surface area contributed by atoms with E-state index in [-0.39, 0.29) is 24.1 Å². The lowest BCUT2D eigenvalue weighted by molar-refractivity contribution is -0.170. The molecular formula is C14H22O4S2. The fourth-order valence-electron chi connectivity index (χ4n) is 2.48. The van der Waals surface area contributed by atoms with Gasteiger partial charge in [0.25, 0.3) is 0 Å². The summed E-state index contributed by atoms with van der Waals surface area (Å²) in [6, 6.07) is 0. The molecule has 0 aromatic rings. The Hall–Kier alpha value is -0.360. The summed E-state index contributed by atoms with van der Waals surface area (Å²) in [4.78, 5) is 21.3. The number of esters is 2. The molecule has 0 N–H and O–H groups in total. The summed E-state index contributed by atoms with van der Waals surface area (Å²) >= 11 is 9.14. The van der Waals surface area contributed by atoms with Crippen molar-refractivity contribution >= 4 is 37.2 Å². The average Bonchev–Trinajstić information content (AvgIpc) is 2.34. The third-order valence-corrected chi connectivity index (χ3v) is 4.89. The van der Waals surface area contributed by atoms with Gasteiger partial charge in [-0.15, -0.1) is 0 Å². The molecule has 2 fully saturated rings. The minimum Gasteiger partial charge on any atom is -0.462 e. The van der Waals surface area contributed by atoms with Gasteiger partial charge in [-0.2, -0.15) is 25.3 Å². The summed E-state index contributed by atoms with van der Waals surface area (Å²) in [5, 5.41) is 0.677. The normalized spacial score (nSPS) is 27.9. The van der Waals surface area contributed by atoms with E-state index in [4.69, 9.17) is 9.47 Å². The zero-order valence-corrected chi connectivity index (χ0v) is 13.3. The summed E-state index contributed by atoms with van der Waals surface area (Å²) in [6.07, 6.45) is 7.18. The molecule has 0 aliphatic carbocycles. The summed E-state index contributed by atoms with van der Waals surface area (Å²) in [5.74, 6) is -0.171. The Morgan fingerprint density at radius 2 is 1.20 bits per heavy atom. The van der Waals surface area contributed by atoms with Gasteiger partial charge in [0.2, 0.25) is 0 Å². The number of cyclic esters (lactones) is 2. The van der Waals surface area contributed by atoms with E-state index in [1.807, 2.05) is 0 Å². The Kier molecular flexibility index (Phi) is 6.08. The van der Waals surface area contributed by atoms with Crippen LogP contribution >= 0.6 is 25.3 Å². The molecule has 114 valence electrons. The van der Waals surface area contributed by atoms with E-state index < -0.39 is 0 Å². The Bertz CT molecular complexity index is 311. The van der Waals surface area contributed by atoms with Gasteiger partial charge in [0.15, 0.2) is 0 Å². The first-order chi connectivity index (χ1) is 9.52. The fourth-order valence-corrected chi connectivity index (χ4v) is 3.07. The Balaban J connectivity index is 1.46. The molecule has 2 aliphatic heterocycles. The van der Waals surface area contributed by atoms with Crippen molar-refractivity contribution in [1.29, 1.82) is 0 Å². The number of rotatable bonds is 9. The topological polar surface area (TPSA) is 52.6 Å². The first-order valence-electron chi connectivity index (χ1n) is 7.28. The molecule has 2 heterocycles. The molecular weight excluding hydrogens is 296 g/mol. The molecule has 4 atom stereocenters. The van der Waals surface area contributed by atoms with Crippen LogP contribution in [0.3, 0.4) is 0 Å². The highest BCUT2D eigenvalue weighted by molar-refractivity contribution is 7.81. The first-order valence-corrected chi connectivity index (χ1v) is 8.31. The van der Waals surface area contributed by atoms with E-state index in [2.05, 4.69) is 25.3 Å². The maximum absolute atomic E-state index is 10.7. The van der Waals surface area contributed by atoms with Crippen LogP contribution in [0.5, 0.6) is 0 Å². The standard InChI is InChI=1S/C14H22O4S2/c15-13-7-9(17-13)1-3-11(19)5-6-12(20)4-2-10-8-14(16)18-10/h9-12,19-20H,1-8H2. The molecule has 2 aliphatic rings. The van der Waals surface area contributed by atoms with E-state index >= 15 is 0 Å². The number of thiol groups is 2. The Labute approximate surface area is 130 Å². The van der Waals surface area contributed by atoms with Crippen molar-refractivity contribution in [2.24, 2.45) is 0 Å². The van der Waals surface area contributed by atoms with Crippen molar-refractivity contribution in [1.82, 2.24) is 0 Å². The lowest BCUT2D eigenvalue weighted by Crippen LogP contribution is -2.33. The molecule has 0 aromatic heterocycles. The highest BCUT2D eigenvalue weighted by atomic mass is 32.1. The molecule has 4 unspecified atom stereocenters. The quantitative estimate of drug-likeness (QED) is 0.507. The molecule has 0 spiro atoms. The molecule has 0 radical (unpaired) electrons. The van der Waals surface area contributed by atoms with Crippen LogP contribution < -0.4 is 0 Å². The minimum absolute atomic E-state index is 0.0853. The third kappa shape index (κ3) is 5.20. The summed E-state index contributed by atoms with van der Waals surface area (Å²) in [5.41, 5.74) is 0. The van der Waals surface area contributed by atoms with Gasteiger partial charge in [-0.25, -0.2) is 0 Å². The Morgan fingerprint density at radius 1 is 0.850 bits per heavy atom. The number of hydrogen-bond donors (Lipinski definition) is 2. The van der Waals surface area contributed by atoms with Crippen LogP contribution in [-0.2, 0) is 19.1 Å². The van der Waals surface area contributed by atoms with Crippen molar-refractivity contribution in [3.05, 3.63) is 0 Å². The summed E-state index contributed by atoms with van der Waals surface area (Å²) in [6.45, 7) is 0. The first kappa shape index (κ1) is 16.0. The zero-order valence-electron chi connectivity index (χ0n) is 11.5. The molecule has 0 aromatic carbocycles. The van der Waals surface area contributed by atoms with Gasteiger partial charge in [-0.1, -0.05) is 0 Å². The fraction of sp³-hybridized carbons (Fsp3) is 0.857. The highest BCUT2D eigenvalue weighted by Crippen LogP contribution is 2.25. The molecule has 2 saturated heterocycles. The van der Waals surface area contributed by atoms with E-state index in [1.54, 1.807) is 0 Å². The van der Waals surface area contributed by atoms with Crippen molar-refractivity contribution in [2.75, 3.05) is 0 Å². The smallest absolute Gasteiger partial charge is 0.309 e. The van der Waals surface area contributed by atoms with Crippen LogP contribution in [0, 0.1) is 0 Å². The molecule has 2 rings (SSSR count). The number of hydrogen-bond acceptors (Lipinski definition) is 6. The third-order valence-electron chi connectivity index (χ3n) is 3.86. The zero-order chi connectivity index (χ0) is 14.5. The molecule has 6 heteroatoms. The predicted octanol–water partition coefficient (Wildman–Crippen LogP) is 2.55. The number of carbonyl (C=O) groups excluding carboxylic acids is 2. The molecule has 20 heavy (non-hydrogen) atoms. The second kappa shape index (κ2) is 7.59. The van der Waals surface area contributed by atoms with Gasteiger partial charge in [-0.3, -0.25) is 9.59 Å². The van der Waals surface area contributed by atoms with Crippen molar-refractivity contribution < 1.29 is 19.1 Å². The molecule has 0 saturated carbocycles. The van der Waals surface area contributed by atoms with Gasteiger partial charge >= 0.3 is 11.9 Å². The summed E-state index contributed by atoms with van der Waals surface area (Å²) < 4.78 is 9.96. The monoisotopic (exact) mass is 318 g/mol. The Morgan fingerprint density at radius 3 is 1.50 bits per heavy atom. The van der Waals surface area contributed by atoms with Gasteiger partial charge in [0, 0.05) is 10.5 Å². The number of ether oxygens (including phenoxy) is 2. The van der Waals surface area contributed by atoms with E-state index in [9.17, 15) is 9.59 Å². The molecule has 4 nitrogen and oxygen atoms in total. The van der Waals surface area contributed by atoms with Crippen LogP contribution in [0.25, 0.3) is 0 Å². The lowest BCUT2D eigenvalue weighted by Gasteiger charge is -2.27. The van der Waals surface area contributed by atoms with Crippen molar-refractivity contribution in [3.8, 4) is 0 Å². The maximum atomic E-state index is 10.7. The maximum Gasteiger partial charge on any atom is 0.309 e.